The minimum atomic E-state index is 0.0762. The first-order chi connectivity index (χ1) is 8.86. The van der Waals surface area contributed by atoms with Gasteiger partial charge in [-0.1, -0.05) is 38.5 Å². The number of amides is 1. The van der Waals surface area contributed by atoms with Crippen LogP contribution in [0.25, 0.3) is 0 Å². The molecule has 3 heteroatoms. The smallest absolute Gasteiger partial charge is 0.237 e. The van der Waals surface area contributed by atoms with E-state index in [1.54, 1.807) is 0 Å². The highest BCUT2D eigenvalue weighted by atomic mass is 16.2. The van der Waals surface area contributed by atoms with E-state index in [2.05, 4.69) is 10.6 Å². The van der Waals surface area contributed by atoms with Crippen molar-refractivity contribution in [3.05, 3.63) is 0 Å². The molecular formula is C15H28N2O. The molecule has 1 aliphatic heterocycles. The van der Waals surface area contributed by atoms with Crippen LogP contribution < -0.4 is 10.6 Å². The van der Waals surface area contributed by atoms with Gasteiger partial charge in [0, 0.05) is 6.54 Å². The highest BCUT2D eigenvalue weighted by molar-refractivity contribution is 5.81. The Morgan fingerprint density at radius 3 is 2.28 bits per heavy atom. The second-order valence-electron chi connectivity index (χ2n) is 5.96. The van der Waals surface area contributed by atoms with Crippen molar-refractivity contribution >= 4 is 5.91 Å². The molecule has 0 aromatic heterocycles. The molecule has 2 aliphatic rings. The van der Waals surface area contributed by atoms with Crippen LogP contribution in [0.5, 0.6) is 0 Å². The third kappa shape index (κ3) is 4.60. The number of rotatable bonds is 3. The fourth-order valence-electron chi connectivity index (χ4n) is 3.19. The molecule has 1 aliphatic carbocycles. The summed E-state index contributed by atoms with van der Waals surface area (Å²) in [4.78, 5) is 12.0. The topological polar surface area (TPSA) is 41.1 Å². The maximum absolute atomic E-state index is 12.0. The lowest BCUT2D eigenvalue weighted by molar-refractivity contribution is -0.123. The number of piperidine rings is 1. The molecule has 104 valence electrons. The summed E-state index contributed by atoms with van der Waals surface area (Å²) in [7, 11) is 0. The SMILES string of the molecule is O=C(NCC1CCCCCCC1)C1CCCCN1. The molecular weight excluding hydrogens is 224 g/mol. The van der Waals surface area contributed by atoms with Crippen molar-refractivity contribution in [1.82, 2.24) is 10.6 Å². The van der Waals surface area contributed by atoms with Crippen LogP contribution >= 0.6 is 0 Å². The third-order valence-corrected chi connectivity index (χ3v) is 4.42. The Morgan fingerprint density at radius 1 is 0.944 bits per heavy atom. The summed E-state index contributed by atoms with van der Waals surface area (Å²) in [6.07, 6.45) is 12.9. The van der Waals surface area contributed by atoms with Gasteiger partial charge in [0.2, 0.25) is 5.91 Å². The molecule has 0 aromatic carbocycles. The summed E-state index contributed by atoms with van der Waals surface area (Å²) in [5.74, 6) is 0.953. The van der Waals surface area contributed by atoms with Gasteiger partial charge < -0.3 is 10.6 Å². The minimum Gasteiger partial charge on any atom is -0.354 e. The number of carbonyl (C=O) groups is 1. The Balaban J connectivity index is 1.67. The standard InChI is InChI=1S/C15H28N2O/c18-15(14-10-6-7-11-16-14)17-12-13-8-4-2-1-3-5-9-13/h13-14,16H,1-12H2,(H,17,18). The van der Waals surface area contributed by atoms with Crippen LogP contribution in [0.2, 0.25) is 0 Å². The van der Waals surface area contributed by atoms with E-state index in [9.17, 15) is 4.79 Å². The van der Waals surface area contributed by atoms with Crippen molar-refractivity contribution < 1.29 is 4.79 Å². The highest BCUT2D eigenvalue weighted by Gasteiger charge is 2.21. The van der Waals surface area contributed by atoms with Gasteiger partial charge in [0.15, 0.2) is 0 Å². The van der Waals surface area contributed by atoms with Gasteiger partial charge in [-0.05, 0) is 38.1 Å². The van der Waals surface area contributed by atoms with Crippen molar-refractivity contribution in [3.8, 4) is 0 Å². The number of carbonyl (C=O) groups excluding carboxylic acids is 1. The van der Waals surface area contributed by atoms with Crippen LogP contribution in [0, 0.1) is 5.92 Å². The lowest BCUT2D eigenvalue weighted by Crippen LogP contribution is -2.47. The molecule has 2 fully saturated rings. The molecule has 1 heterocycles. The number of nitrogens with one attached hydrogen (secondary N) is 2. The maximum atomic E-state index is 12.0. The number of hydrogen-bond acceptors (Lipinski definition) is 2. The molecule has 0 radical (unpaired) electrons. The predicted molar refractivity (Wildman–Crippen MR) is 74.5 cm³/mol. The largest absolute Gasteiger partial charge is 0.354 e. The molecule has 1 atom stereocenters. The first-order valence-corrected chi connectivity index (χ1v) is 7.87. The van der Waals surface area contributed by atoms with E-state index in [1.807, 2.05) is 0 Å². The van der Waals surface area contributed by atoms with Gasteiger partial charge in [0.1, 0.15) is 0 Å². The monoisotopic (exact) mass is 252 g/mol. The average molecular weight is 252 g/mol. The van der Waals surface area contributed by atoms with E-state index in [1.165, 1.54) is 57.8 Å². The zero-order chi connectivity index (χ0) is 12.6. The summed E-state index contributed by atoms with van der Waals surface area (Å²) in [5, 5.41) is 6.49. The van der Waals surface area contributed by atoms with E-state index in [0.29, 0.717) is 0 Å². The van der Waals surface area contributed by atoms with Crippen LogP contribution in [-0.2, 0) is 4.79 Å². The summed E-state index contributed by atoms with van der Waals surface area (Å²) in [6, 6.07) is 0.0762. The molecule has 18 heavy (non-hydrogen) atoms. The molecule has 1 saturated carbocycles. The fourth-order valence-corrected chi connectivity index (χ4v) is 3.19. The normalized spacial score (nSPS) is 27.2. The summed E-state index contributed by atoms with van der Waals surface area (Å²) in [5.41, 5.74) is 0. The van der Waals surface area contributed by atoms with Gasteiger partial charge in [-0.25, -0.2) is 0 Å². The Morgan fingerprint density at radius 2 is 1.61 bits per heavy atom. The Kier molecular flexibility index (Phi) is 5.98. The predicted octanol–water partition coefficient (Wildman–Crippen LogP) is 2.61. The van der Waals surface area contributed by atoms with Crippen LogP contribution in [0.4, 0.5) is 0 Å². The van der Waals surface area contributed by atoms with Crippen LogP contribution in [0.3, 0.4) is 0 Å². The molecule has 0 spiro atoms. The van der Waals surface area contributed by atoms with E-state index >= 15 is 0 Å². The fraction of sp³-hybridized carbons (Fsp3) is 0.933. The highest BCUT2D eigenvalue weighted by Crippen LogP contribution is 2.21. The van der Waals surface area contributed by atoms with Crippen molar-refractivity contribution in [2.75, 3.05) is 13.1 Å². The average Bonchev–Trinajstić information content (AvgIpc) is 2.38. The first-order valence-electron chi connectivity index (χ1n) is 7.87. The third-order valence-electron chi connectivity index (χ3n) is 4.42. The van der Waals surface area contributed by atoms with E-state index < -0.39 is 0 Å². The Bertz CT molecular complexity index is 241. The van der Waals surface area contributed by atoms with E-state index in [-0.39, 0.29) is 11.9 Å². The zero-order valence-electron chi connectivity index (χ0n) is 11.5. The molecule has 1 unspecified atom stereocenters. The van der Waals surface area contributed by atoms with Crippen LogP contribution in [0.15, 0.2) is 0 Å². The summed E-state index contributed by atoms with van der Waals surface area (Å²) < 4.78 is 0. The molecule has 0 bridgehead atoms. The second-order valence-corrected chi connectivity index (χ2v) is 5.96. The number of hydrogen-bond donors (Lipinski definition) is 2. The quantitative estimate of drug-likeness (QED) is 0.810. The van der Waals surface area contributed by atoms with Gasteiger partial charge >= 0.3 is 0 Å². The first kappa shape index (κ1) is 13.9. The molecule has 3 nitrogen and oxygen atoms in total. The second kappa shape index (κ2) is 7.78. The van der Waals surface area contributed by atoms with Gasteiger partial charge in [-0.15, -0.1) is 0 Å². The van der Waals surface area contributed by atoms with Gasteiger partial charge in [0.05, 0.1) is 6.04 Å². The van der Waals surface area contributed by atoms with E-state index in [0.717, 1.165) is 25.4 Å². The minimum absolute atomic E-state index is 0.0762. The van der Waals surface area contributed by atoms with Crippen LogP contribution in [-0.4, -0.2) is 25.0 Å². The maximum Gasteiger partial charge on any atom is 0.237 e. The van der Waals surface area contributed by atoms with Crippen molar-refractivity contribution in [2.45, 2.75) is 70.3 Å². The molecule has 1 saturated heterocycles. The molecule has 2 rings (SSSR count). The lowest BCUT2D eigenvalue weighted by Gasteiger charge is -2.25. The van der Waals surface area contributed by atoms with Crippen molar-refractivity contribution in [3.63, 3.8) is 0 Å². The molecule has 0 aromatic rings. The van der Waals surface area contributed by atoms with Gasteiger partial charge in [-0.2, -0.15) is 0 Å². The summed E-state index contributed by atoms with van der Waals surface area (Å²) in [6.45, 7) is 1.90. The molecule has 1 amide bonds. The van der Waals surface area contributed by atoms with Crippen molar-refractivity contribution in [2.24, 2.45) is 5.92 Å². The van der Waals surface area contributed by atoms with Crippen molar-refractivity contribution in [1.29, 1.82) is 0 Å². The summed E-state index contributed by atoms with van der Waals surface area (Å²) >= 11 is 0. The molecule has 2 N–H and O–H groups in total. The Hall–Kier alpha value is -0.570. The van der Waals surface area contributed by atoms with E-state index in [4.69, 9.17) is 0 Å². The van der Waals surface area contributed by atoms with Gasteiger partial charge in [-0.3, -0.25) is 4.79 Å². The zero-order valence-corrected chi connectivity index (χ0v) is 11.5. The Labute approximate surface area is 111 Å². The lowest BCUT2D eigenvalue weighted by atomic mass is 9.91. The van der Waals surface area contributed by atoms with Gasteiger partial charge in [0.25, 0.3) is 0 Å². The van der Waals surface area contributed by atoms with Crippen LogP contribution in [0.1, 0.15) is 64.2 Å².